The van der Waals surface area contributed by atoms with E-state index in [0.717, 1.165) is 0 Å². The highest BCUT2D eigenvalue weighted by Crippen LogP contribution is 2.33. The molecular formula is C12H19F3N2O2. The fraction of sp³-hybridized carbons (Fsp3) is 0.917. The van der Waals surface area contributed by atoms with Crippen LogP contribution >= 0.6 is 0 Å². The number of hydrogen-bond donors (Lipinski definition) is 0. The van der Waals surface area contributed by atoms with Gasteiger partial charge >= 0.3 is 6.18 Å². The molecule has 4 nitrogen and oxygen atoms in total. The Bertz CT molecular complexity index is 309. The van der Waals surface area contributed by atoms with Crippen molar-refractivity contribution in [3.8, 4) is 0 Å². The first-order valence-corrected chi connectivity index (χ1v) is 6.61. The van der Waals surface area contributed by atoms with E-state index >= 15 is 0 Å². The molecule has 0 aromatic rings. The van der Waals surface area contributed by atoms with Crippen molar-refractivity contribution < 1.29 is 22.7 Å². The van der Waals surface area contributed by atoms with Gasteiger partial charge in [-0.25, -0.2) is 0 Å². The van der Waals surface area contributed by atoms with Crippen molar-refractivity contribution >= 4 is 5.91 Å². The summed E-state index contributed by atoms with van der Waals surface area (Å²) in [6.45, 7) is 3.17. The predicted molar refractivity (Wildman–Crippen MR) is 62.6 cm³/mol. The van der Waals surface area contributed by atoms with E-state index in [1.807, 2.05) is 4.90 Å². The molecule has 0 aliphatic carbocycles. The molecule has 2 fully saturated rings. The first kappa shape index (κ1) is 14.6. The largest absolute Gasteiger partial charge is 0.391 e. The summed E-state index contributed by atoms with van der Waals surface area (Å²) in [6, 6.07) is 0. The van der Waals surface area contributed by atoms with Gasteiger partial charge < -0.3 is 9.64 Å². The molecule has 0 atom stereocenters. The van der Waals surface area contributed by atoms with Crippen LogP contribution < -0.4 is 0 Å². The Kier molecular flexibility index (Phi) is 4.67. The van der Waals surface area contributed by atoms with Gasteiger partial charge in [-0.05, 0) is 25.9 Å². The van der Waals surface area contributed by atoms with E-state index in [2.05, 4.69) is 0 Å². The number of piperidine rings is 1. The molecule has 2 heterocycles. The van der Waals surface area contributed by atoms with E-state index in [1.165, 1.54) is 0 Å². The third-order valence-corrected chi connectivity index (χ3v) is 3.77. The first-order valence-electron chi connectivity index (χ1n) is 6.61. The highest BCUT2D eigenvalue weighted by Gasteiger charge is 2.41. The number of nitrogens with zero attached hydrogens (tertiary/aromatic N) is 2. The summed E-state index contributed by atoms with van der Waals surface area (Å²) in [7, 11) is 0. The summed E-state index contributed by atoms with van der Waals surface area (Å²) in [5.74, 6) is -1.21. The molecule has 7 heteroatoms. The average Bonchev–Trinajstić information content (AvgIpc) is 2.39. The topological polar surface area (TPSA) is 32.8 Å². The van der Waals surface area contributed by atoms with Crippen LogP contribution in [0.2, 0.25) is 0 Å². The normalized spacial score (nSPS) is 23.6. The number of halogens is 3. The molecule has 2 aliphatic heterocycles. The van der Waals surface area contributed by atoms with Crippen LogP contribution in [0, 0.1) is 5.92 Å². The summed E-state index contributed by atoms with van der Waals surface area (Å²) in [5, 5.41) is 0. The summed E-state index contributed by atoms with van der Waals surface area (Å²) in [5.41, 5.74) is 0. The van der Waals surface area contributed by atoms with Crippen molar-refractivity contribution in [3.63, 3.8) is 0 Å². The third kappa shape index (κ3) is 4.07. The van der Waals surface area contributed by atoms with Gasteiger partial charge in [-0.2, -0.15) is 13.2 Å². The zero-order valence-electron chi connectivity index (χ0n) is 10.8. The van der Waals surface area contributed by atoms with Crippen molar-refractivity contribution in [2.45, 2.75) is 19.0 Å². The van der Waals surface area contributed by atoms with Crippen molar-refractivity contribution in [3.05, 3.63) is 0 Å². The SMILES string of the molecule is O=C(CN1CCC(C(F)(F)F)CC1)N1CCOCC1. The zero-order valence-corrected chi connectivity index (χ0v) is 10.8. The van der Waals surface area contributed by atoms with Gasteiger partial charge in [0.2, 0.25) is 5.91 Å². The van der Waals surface area contributed by atoms with Crippen molar-refractivity contribution in [1.29, 1.82) is 0 Å². The van der Waals surface area contributed by atoms with Gasteiger partial charge in [-0.15, -0.1) is 0 Å². The second kappa shape index (κ2) is 6.09. The number of carbonyl (C=O) groups excluding carboxylic acids is 1. The second-order valence-electron chi connectivity index (χ2n) is 5.09. The molecule has 0 saturated carbocycles. The van der Waals surface area contributed by atoms with Crippen molar-refractivity contribution in [2.75, 3.05) is 45.9 Å². The summed E-state index contributed by atoms with van der Waals surface area (Å²) < 4.78 is 42.7. The van der Waals surface area contributed by atoms with Gasteiger partial charge in [-0.1, -0.05) is 0 Å². The van der Waals surface area contributed by atoms with Crippen molar-refractivity contribution in [2.24, 2.45) is 5.92 Å². The standard InChI is InChI=1S/C12H19F3N2O2/c13-12(14,15)10-1-3-16(4-2-10)9-11(18)17-5-7-19-8-6-17/h10H,1-9H2. The second-order valence-corrected chi connectivity index (χ2v) is 5.09. The van der Waals surface area contributed by atoms with Gasteiger partial charge in [0.05, 0.1) is 25.7 Å². The maximum atomic E-state index is 12.5. The Balaban J connectivity index is 1.74. The van der Waals surface area contributed by atoms with Gasteiger partial charge in [0.25, 0.3) is 0 Å². The van der Waals surface area contributed by atoms with Gasteiger partial charge in [0.1, 0.15) is 0 Å². The molecule has 0 unspecified atom stereocenters. The maximum absolute atomic E-state index is 12.5. The molecule has 0 aromatic heterocycles. The minimum absolute atomic E-state index is 0.00578. The lowest BCUT2D eigenvalue weighted by Crippen LogP contribution is -2.48. The maximum Gasteiger partial charge on any atom is 0.391 e. The van der Waals surface area contributed by atoms with E-state index in [0.29, 0.717) is 39.4 Å². The summed E-state index contributed by atoms with van der Waals surface area (Å²) in [6.07, 6.45) is -3.90. The summed E-state index contributed by atoms with van der Waals surface area (Å²) >= 11 is 0. The Morgan fingerprint density at radius 1 is 1.11 bits per heavy atom. The van der Waals surface area contributed by atoms with Crippen LogP contribution in [0.25, 0.3) is 0 Å². The first-order chi connectivity index (χ1) is 8.97. The van der Waals surface area contributed by atoms with Crippen LogP contribution in [0.1, 0.15) is 12.8 Å². The lowest BCUT2D eigenvalue weighted by atomic mass is 9.96. The fourth-order valence-electron chi connectivity index (χ4n) is 2.52. The van der Waals surface area contributed by atoms with Crippen LogP contribution in [-0.4, -0.2) is 67.8 Å². The molecule has 2 rings (SSSR count). The summed E-state index contributed by atoms with van der Waals surface area (Å²) in [4.78, 5) is 15.5. The lowest BCUT2D eigenvalue weighted by molar-refractivity contribution is -0.185. The number of rotatable bonds is 2. The van der Waals surface area contributed by atoms with E-state index in [1.54, 1.807) is 4.90 Å². The molecule has 19 heavy (non-hydrogen) atoms. The Labute approximate surface area is 110 Å². The Morgan fingerprint density at radius 3 is 2.21 bits per heavy atom. The molecule has 0 N–H and O–H groups in total. The highest BCUT2D eigenvalue weighted by molar-refractivity contribution is 5.78. The molecule has 2 aliphatic rings. The minimum Gasteiger partial charge on any atom is -0.378 e. The zero-order chi connectivity index (χ0) is 13.9. The number of morpholine rings is 1. The monoisotopic (exact) mass is 280 g/mol. The molecule has 2 saturated heterocycles. The number of ether oxygens (including phenoxy) is 1. The number of amides is 1. The number of likely N-dealkylation sites (tertiary alicyclic amines) is 1. The van der Waals surface area contributed by atoms with Gasteiger partial charge in [-0.3, -0.25) is 9.69 Å². The third-order valence-electron chi connectivity index (χ3n) is 3.77. The molecule has 110 valence electrons. The molecule has 0 spiro atoms. The van der Waals surface area contributed by atoms with E-state index < -0.39 is 12.1 Å². The van der Waals surface area contributed by atoms with Gasteiger partial charge in [0, 0.05) is 13.1 Å². The van der Waals surface area contributed by atoms with E-state index in [4.69, 9.17) is 4.74 Å². The molecule has 0 bridgehead atoms. The quantitative estimate of drug-likeness (QED) is 0.760. The van der Waals surface area contributed by atoms with Gasteiger partial charge in [0.15, 0.2) is 0 Å². The smallest absolute Gasteiger partial charge is 0.378 e. The lowest BCUT2D eigenvalue weighted by Gasteiger charge is -2.34. The minimum atomic E-state index is -4.10. The van der Waals surface area contributed by atoms with Crippen LogP contribution in [-0.2, 0) is 9.53 Å². The average molecular weight is 280 g/mol. The van der Waals surface area contributed by atoms with Crippen LogP contribution in [0.3, 0.4) is 0 Å². The number of hydrogen-bond acceptors (Lipinski definition) is 3. The van der Waals surface area contributed by atoms with Crippen LogP contribution in [0.15, 0.2) is 0 Å². The number of carbonyl (C=O) groups is 1. The van der Waals surface area contributed by atoms with Crippen LogP contribution in [0.5, 0.6) is 0 Å². The predicted octanol–water partition coefficient (Wildman–Crippen LogP) is 1.12. The fourth-order valence-corrected chi connectivity index (χ4v) is 2.52. The van der Waals surface area contributed by atoms with E-state index in [9.17, 15) is 18.0 Å². The molecule has 0 aromatic carbocycles. The molecular weight excluding hydrogens is 261 g/mol. The Hall–Kier alpha value is -0.820. The highest BCUT2D eigenvalue weighted by atomic mass is 19.4. The van der Waals surface area contributed by atoms with E-state index in [-0.39, 0.29) is 25.3 Å². The van der Waals surface area contributed by atoms with Crippen molar-refractivity contribution in [1.82, 2.24) is 9.80 Å². The molecule has 0 radical (unpaired) electrons. The van der Waals surface area contributed by atoms with Crippen LogP contribution in [0.4, 0.5) is 13.2 Å². The Morgan fingerprint density at radius 2 is 1.68 bits per heavy atom. The molecule has 1 amide bonds. The number of alkyl halides is 3.